The summed E-state index contributed by atoms with van der Waals surface area (Å²) in [6, 6.07) is -0.756. The van der Waals surface area contributed by atoms with E-state index >= 15 is 0 Å². The molecule has 0 aromatic carbocycles. The molecule has 0 fully saturated rings. The van der Waals surface area contributed by atoms with E-state index in [9.17, 15) is 33.6 Å². The van der Waals surface area contributed by atoms with Crippen LogP contribution in [0.3, 0.4) is 0 Å². The van der Waals surface area contributed by atoms with Crippen LogP contribution in [0.5, 0.6) is 0 Å². The van der Waals surface area contributed by atoms with E-state index in [4.69, 9.17) is 0 Å². The second-order valence-corrected chi connectivity index (χ2v) is 14.5. The number of ketones is 5. The Morgan fingerprint density at radius 3 is 0.833 bits per heavy atom. The van der Waals surface area contributed by atoms with Crippen molar-refractivity contribution in [1.82, 2.24) is 10.6 Å². The van der Waals surface area contributed by atoms with Crippen molar-refractivity contribution in [2.24, 2.45) is 21.7 Å². The van der Waals surface area contributed by atoms with Gasteiger partial charge in [-0.3, -0.25) is 33.6 Å². The number of Topliss-reactive ketones (excluding diaryl/α,β-unsaturated/α-hetero) is 5. The molecule has 2 atom stereocenters. The Balaban J connectivity index is -0.000000146. The molecule has 42 heavy (non-hydrogen) atoms. The molecule has 0 saturated heterocycles. The maximum atomic E-state index is 11.3. The van der Waals surface area contributed by atoms with E-state index in [0.717, 1.165) is 0 Å². The minimum Gasteiger partial charge on any atom is -0.346 e. The monoisotopic (exact) mass is 600 g/mol. The highest BCUT2D eigenvalue weighted by atomic mass is 16.2. The van der Waals surface area contributed by atoms with Gasteiger partial charge in [-0.15, -0.1) is 0 Å². The van der Waals surface area contributed by atoms with Gasteiger partial charge < -0.3 is 10.6 Å². The topological polar surface area (TPSA) is 144 Å². The van der Waals surface area contributed by atoms with Crippen LogP contribution in [0.25, 0.3) is 0 Å². The quantitative estimate of drug-likeness (QED) is 0.351. The summed E-state index contributed by atoms with van der Waals surface area (Å²) in [7, 11) is 0. The normalized spacial score (nSPS) is 12.4. The maximum absolute atomic E-state index is 11.3. The van der Waals surface area contributed by atoms with Gasteiger partial charge in [0.25, 0.3) is 0 Å². The number of amides is 2. The van der Waals surface area contributed by atoms with Crippen molar-refractivity contribution in [1.29, 1.82) is 0 Å². The zero-order valence-electron chi connectivity index (χ0n) is 29.2. The number of carbonyl (C=O) groups is 7. The lowest BCUT2D eigenvalue weighted by Gasteiger charge is -2.20. The number of nitrogens with one attached hydrogen (secondary N) is 2. The third-order valence-electron chi connectivity index (χ3n) is 5.58. The molecule has 0 aromatic heterocycles. The predicted molar refractivity (Wildman–Crippen MR) is 172 cm³/mol. The van der Waals surface area contributed by atoms with Crippen LogP contribution in [-0.2, 0) is 33.6 Å². The summed E-state index contributed by atoms with van der Waals surface area (Å²) in [5.74, 6) is -0.0250. The summed E-state index contributed by atoms with van der Waals surface area (Å²) in [5, 5.41) is 5.26. The first-order valence-corrected chi connectivity index (χ1v) is 13.9. The Hall–Kier alpha value is -2.71. The van der Waals surface area contributed by atoms with Crippen molar-refractivity contribution in [2.45, 2.75) is 151 Å². The smallest absolute Gasteiger partial charge is 0.225 e. The second kappa shape index (κ2) is 20.2. The Kier molecular flexibility index (Phi) is 23.6. The lowest BCUT2D eigenvalue weighted by molar-refractivity contribution is -0.132. The number of rotatable bonds is 6. The largest absolute Gasteiger partial charge is 0.346 e. The fraction of sp³-hybridized carbons (Fsp3) is 0.788. The maximum Gasteiger partial charge on any atom is 0.225 e. The van der Waals surface area contributed by atoms with Gasteiger partial charge in [-0.25, -0.2) is 0 Å². The third kappa shape index (κ3) is 28.8. The van der Waals surface area contributed by atoms with Gasteiger partial charge in [0.05, 0.1) is 18.5 Å². The molecule has 2 N–H and O–H groups in total. The Bertz CT molecular complexity index is 863. The van der Waals surface area contributed by atoms with Gasteiger partial charge in [0, 0.05) is 21.7 Å². The molecular formula is C33H64N2O7. The van der Waals surface area contributed by atoms with E-state index in [1.54, 1.807) is 20.8 Å². The zero-order chi connectivity index (χ0) is 34.3. The van der Waals surface area contributed by atoms with Gasteiger partial charge in [0.1, 0.15) is 17.3 Å². The van der Waals surface area contributed by atoms with Gasteiger partial charge in [0.15, 0.2) is 11.6 Å². The highest BCUT2D eigenvalue weighted by Crippen LogP contribution is 2.16. The molecule has 0 bridgehead atoms. The van der Waals surface area contributed by atoms with Crippen molar-refractivity contribution >= 4 is 40.7 Å². The molecule has 2 amide bonds. The van der Waals surface area contributed by atoms with Crippen LogP contribution in [0.15, 0.2) is 0 Å². The highest BCUT2D eigenvalue weighted by molar-refractivity contribution is 6.00. The first kappa shape index (κ1) is 49.0. The summed E-state index contributed by atoms with van der Waals surface area (Å²) in [6.07, 6.45) is 0.0729. The van der Waals surface area contributed by atoms with Crippen molar-refractivity contribution in [3.05, 3.63) is 0 Å². The van der Waals surface area contributed by atoms with Gasteiger partial charge in [0.2, 0.25) is 11.8 Å². The molecule has 0 radical (unpaired) electrons. The highest BCUT2D eigenvalue weighted by Gasteiger charge is 2.24. The van der Waals surface area contributed by atoms with Gasteiger partial charge in [-0.1, -0.05) is 90.5 Å². The van der Waals surface area contributed by atoms with Crippen molar-refractivity contribution in [3.63, 3.8) is 0 Å². The average molecular weight is 601 g/mol. The van der Waals surface area contributed by atoms with E-state index in [1.165, 1.54) is 20.8 Å². The van der Waals surface area contributed by atoms with Crippen LogP contribution >= 0.6 is 0 Å². The van der Waals surface area contributed by atoms with Crippen LogP contribution in [0.2, 0.25) is 0 Å². The summed E-state index contributed by atoms with van der Waals surface area (Å²) in [4.78, 5) is 76.2. The van der Waals surface area contributed by atoms with Crippen LogP contribution in [-0.4, -0.2) is 52.8 Å². The van der Waals surface area contributed by atoms with E-state index in [1.807, 2.05) is 83.1 Å². The van der Waals surface area contributed by atoms with Gasteiger partial charge in [-0.05, 0) is 41.5 Å². The fourth-order valence-corrected chi connectivity index (χ4v) is 1.52. The zero-order valence-corrected chi connectivity index (χ0v) is 29.2. The molecule has 0 heterocycles. The Morgan fingerprint density at radius 2 is 0.738 bits per heavy atom. The molecular weight excluding hydrogens is 536 g/mol. The first-order valence-electron chi connectivity index (χ1n) is 13.9. The van der Waals surface area contributed by atoms with Crippen LogP contribution in [0.4, 0.5) is 0 Å². The molecule has 0 unspecified atom stereocenters. The molecule has 248 valence electrons. The van der Waals surface area contributed by atoms with E-state index < -0.39 is 10.8 Å². The van der Waals surface area contributed by atoms with Gasteiger partial charge in [-0.2, -0.15) is 0 Å². The standard InChI is InChI=1S/2C9H17NO2.C8H14O2.C6H12O.CH4/c2*1-6(7(2)11)10-8(12)9(3,4)5;1-6(9)5-7(10)8(2,3)4;1-5(7)6(2,3)4;/h2*6H,1-5H3,(H,10,12);5H2,1-4H3;1-4H3;1H4/t2*6-;;;/m10.../s1. The predicted octanol–water partition coefficient (Wildman–Crippen LogP) is 6.09. The minimum atomic E-state index is -0.427. The number of hydrogen-bond donors (Lipinski definition) is 2. The fourth-order valence-electron chi connectivity index (χ4n) is 1.52. The number of hydrogen-bond acceptors (Lipinski definition) is 7. The summed E-state index contributed by atoms with van der Waals surface area (Å²) in [6.45, 7) is 31.4. The minimum absolute atomic E-state index is 0. The number of carbonyl (C=O) groups excluding carboxylic acids is 7. The van der Waals surface area contributed by atoms with Crippen LogP contribution < -0.4 is 10.6 Å². The summed E-state index contributed by atoms with van der Waals surface area (Å²) in [5.41, 5.74) is -1.36. The van der Waals surface area contributed by atoms with Crippen molar-refractivity contribution in [3.8, 4) is 0 Å². The first-order chi connectivity index (χ1) is 17.8. The van der Waals surface area contributed by atoms with E-state index in [0.29, 0.717) is 0 Å². The molecule has 0 aliphatic heterocycles. The molecule has 0 rings (SSSR count). The molecule has 0 saturated carbocycles. The lowest BCUT2D eigenvalue weighted by Crippen LogP contribution is -2.43. The molecule has 9 nitrogen and oxygen atoms in total. The van der Waals surface area contributed by atoms with E-state index in [-0.39, 0.29) is 77.5 Å². The van der Waals surface area contributed by atoms with Crippen LogP contribution in [0.1, 0.15) is 138 Å². The Morgan fingerprint density at radius 1 is 0.500 bits per heavy atom. The molecule has 0 spiro atoms. The molecule has 9 heteroatoms. The molecule has 0 aromatic rings. The van der Waals surface area contributed by atoms with Crippen molar-refractivity contribution in [2.75, 3.05) is 0 Å². The molecule has 0 aliphatic carbocycles. The Labute approximate surface area is 257 Å². The van der Waals surface area contributed by atoms with Crippen molar-refractivity contribution < 1.29 is 33.6 Å². The van der Waals surface area contributed by atoms with Crippen LogP contribution in [0, 0.1) is 21.7 Å². The lowest BCUT2D eigenvalue weighted by atomic mass is 9.88. The summed E-state index contributed by atoms with van der Waals surface area (Å²) < 4.78 is 0. The average Bonchev–Trinajstić information content (AvgIpc) is 2.71. The second-order valence-electron chi connectivity index (χ2n) is 14.5. The molecule has 0 aliphatic rings. The third-order valence-corrected chi connectivity index (χ3v) is 5.58. The van der Waals surface area contributed by atoms with E-state index in [2.05, 4.69) is 10.6 Å². The SMILES string of the molecule is C.CC(=O)C(C)(C)C.CC(=O)CC(=O)C(C)(C)C.CC(=O)[C@@H](C)NC(=O)C(C)(C)C.CC(=O)[C@H](C)NC(=O)C(C)(C)C. The van der Waals surface area contributed by atoms with Gasteiger partial charge >= 0.3 is 0 Å². The summed E-state index contributed by atoms with van der Waals surface area (Å²) >= 11 is 0.